The van der Waals surface area contributed by atoms with E-state index in [0.29, 0.717) is 13.0 Å². The number of hydrogen-bond donors (Lipinski definition) is 1. The third-order valence-corrected chi connectivity index (χ3v) is 6.52. The summed E-state index contributed by atoms with van der Waals surface area (Å²) >= 11 is 0. The molecule has 2 saturated carbocycles. The van der Waals surface area contributed by atoms with E-state index in [2.05, 4.69) is 0 Å². The van der Waals surface area contributed by atoms with Gasteiger partial charge in [0.25, 0.3) is 0 Å². The average molecular weight is 338 g/mol. The minimum Gasteiger partial charge on any atom is -0.481 e. The molecule has 0 saturated heterocycles. The Bertz CT molecular complexity index is 421. The first kappa shape index (κ1) is 19.3. The molecule has 0 aromatic rings. The molecule has 0 amide bonds. The summed E-state index contributed by atoms with van der Waals surface area (Å²) in [5.41, 5.74) is -0.843. The summed E-state index contributed by atoms with van der Waals surface area (Å²) in [6.45, 7) is 4.13. The van der Waals surface area contributed by atoms with Gasteiger partial charge >= 0.3 is 11.9 Å². The minimum absolute atomic E-state index is 0.113. The number of carbonyl (C=O) groups excluding carboxylic acids is 1. The van der Waals surface area contributed by atoms with E-state index in [9.17, 15) is 14.7 Å². The summed E-state index contributed by atoms with van der Waals surface area (Å²) in [6.07, 6.45) is 11.1. The average Bonchev–Trinajstić information content (AvgIpc) is 2.61. The number of ether oxygens (including phenoxy) is 1. The highest BCUT2D eigenvalue weighted by Crippen LogP contribution is 2.52. The Morgan fingerprint density at radius 3 is 2.00 bits per heavy atom. The zero-order valence-corrected chi connectivity index (χ0v) is 15.4. The van der Waals surface area contributed by atoms with Gasteiger partial charge in [-0.1, -0.05) is 45.4 Å². The van der Waals surface area contributed by atoms with Gasteiger partial charge in [0.1, 0.15) is 0 Å². The van der Waals surface area contributed by atoms with Gasteiger partial charge in [-0.2, -0.15) is 0 Å². The Labute approximate surface area is 146 Å². The Kier molecular flexibility index (Phi) is 7.12. The summed E-state index contributed by atoms with van der Waals surface area (Å²) in [7, 11) is 0. The van der Waals surface area contributed by atoms with Crippen LogP contribution in [0.5, 0.6) is 0 Å². The molecule has 0 radical (unpaired) electrons. The van der Waals surface area contributed by atoms with Crippen molar-refractivity contribution in [2.75, 3.05) is 6.61 Å². The molecule has 0 aromatic heterocycles. The normalized spacial score (nSPS) is 24.1. The largest absolute Gasteiger partial charge is 0.481 e. The van der Waals surface area contributed by atoms with E-state index < -0.39 is 17.3 Å². The van der Waals surface area contributed by atoms with Crippen LogP contribution in [0.15, 0.2) is 0 Å². The molecule has 0 bridgehead atoms. The monoisotopic (exact) mass is 338 g/mol. The Hall–Kier alpha value is -1.06. The van der Waals surface area contributed by atoms with Crippen molar-refractivity contribution >= 4 is 11.9 Å². The van der Waals surface area contributed by atoms with Crippen LogP contribution in [0.2, 0.25) is 0 Å². The summed E-state index contributed by atoms with van der Waals surface area (Å²) in [4.78, 5) is 25.4. The van der Waals surface area contributed by atoms with Crippen LogP contribution in [0, 0.1) is 23.2 Å². The molecule has 0 aliphatic heterocycles. The maximum absolute atomic E-state index is 13.1. The first-order valence-electron chi connectivity index (χ1n) is 9.97. The molecule has 2 aliphatic carbocycles. The SMILES string of the molecule is CCOC(=O)C(CC)(C1CCCCC1)C(C(=O)O)C1CCCCC1. The van der Waals surface area contributed by atoms with Gasteiger partial charge in [0, 0.05) is 0 Å². The third-order valence-electron chi connectivity index (χ3n) is 6.52. The lowest BCUT2D eigenvalue weighted by Crippen LogP contribution is -2.52. The fraction of sp³-hybridized carbons (Fsp3) is 0.900. The quantitative estimate of drug-likeness (QED) is 0.677. The van der Waals surface area contributed by atoms with Gasteiger partial charge in [-0.15, -0.1) is 0 Å². The lowest BCUT2D eigenvalue weighted by Gasteiger charge is -2.47. The van der Waals surface area contributed by atoms with Gasteiger partial charge in [-0.3, -0.25) is 9.59 Å². The van der Waals surface area contributed by atoms with Crippen molar-refractivity contribution in [3.8, 4) is 0 Å². The lowest BCUT2D eigenvalue weighted by atomic mass is 9.56. The molecular weight excluding hydrogens is 304 g/mol. The van der Waals surface area contributed by atoms with Gasteiger partial charge in [0.2, 0.25) is 0 Å². The molecule has 2 rings (SSSR count). The van der Waals surface area contributed by atoms with Gasteiger partial charge < -0.3 is 9.84 Å². The highest BCUT2D eigenvalue weighted by molar-refractivity contribution is 5.85. The summed E-state index contributed by atoms with van der Waals surface area (Å²) in [5, 5.41) is 10.1. The number of aliphatic carboxylic acids is 1. The number of esters is 1. The van der Waals surface area contributed by atoms with Crippen molar-refractivity contribution in [3.05, 3.63) is 0 Å². The van der Waals surface area contributed by atoms with Crippen LogP contribution in [-0.4, -0.2) is 23.7 Å². The molecular formula is C20H34O4. The van der Waals surface area contributed by atoms with Crippen LogP contribution in [0.4, 0.5) is 0 Å². The zero-order valence-electron chi connectivity index (χ0n) is 15.4. The number of hydrogen-bond acceptors (Lipinski definition) is 3. The maximum Gasteiger partial charge on any atom is 0.313 e. The molecule has 0 heterocycles. The van der Waals surface area contributed by atoms with Crippen molar-refractivity contribution in [1.29, 1.82) is 0 Å². The van der Waals surface area contributed by atoms with Gasteiger partial charge in [0.15, 0.2) is 0 Å². The predicted octanol–water partition coefficient (Wildman–Crippen LogP) is 4.81. The Morgan fingerprint density at radius 2 is 1.54 bits per heavy atom. The number of carbonyl (C=O) groups is 2. The third kappa shape index (κ3) is 3.78. The van der Waals surface area contributed by atoms with Crippen LogP contribution < -0.4 is 0 Å². The number of rotatable bonds is 7. The van der Waals surface area contributed by atoms with E-state index in [1.54, 1.807) is 0 Å². The highest BCUT2D eigenvalue weighted by Gasteiger charge is 2.56. The first-order valence-corrected chi connectivity index (χ1v) is 9.97. The van der Waals surface area contributed by atoms with E-state index in [1.807, 2.05) is 13.8 Å². The summed E-state index contributed by atoms with van der Waals surface area (Å²) in [6, 6.07) is 0. The van der Waals surface area contributed by atoms with Crippen molar-refractivity contribution in [1.82, 2.24) is 0 Å². The Balaban J connectivity index is 2.42. The molecule has 2 aliphatic rings. The second-order valence-electron chi connectivity index (χ2n) is 7.66. The molecule has 2 unspecified atom stereocenters. The fourth-order valence-corrected chi connectivity index (χ4v) is 5.39. The smallest absolute Gasteiger partial charge is 0.313 e. The molecule has 24 heavy (non-hydrogen) atoms. The lowest BCUT2D eigenvalue weighted by molar-refractivity contribution is -0.178. The Morgan fingerprint density at radius 1 is 1.00 bits per heavy atom. The molecule has 2 fully saturated rings. The van der Waals surface area contributed by atoms with Crippen molar-refractivity contribution < 1.29 is 19.4 Å². The van der Waals surface area contributed by atoms with Crippen LogP contribution in [0.3, 0.4) is 0 Å². The topological polar surface area (TPSA) is 63.6 Å². The van der Waals surface area contributed by atoms with Crippen LogP contribution in [0.25, 0.3) is 0 Å². The number of carboxylic acid groups (broad SMARTS) is 1. The maximum atomic E-state index is 13.1. The molecule has 138 valence electrons. The summed E-state index contributed by atoms with van der Waals surface area (Å²) < 4.78 is 5.47. The van der Waals surface area contributed by atoms with E-state index >= 15 is 0 Å². The molecule has 0 spiro atoms. The second-order valence-corrected chi connectivity index (χ2v) is 7.66. The van der Waals surface area contributed by atoms with E-state index in [1.165, 1.54) is 12.8 Å². The van der Waals surface area contributed by atoms with Gasteiger partial charge in [-0.05, 0) is 50.9 Å². The fourth-order valence-electron chi connectivity index (χ4n) is 5.39. The summed E-state index contributed by atoms with van der Waals surface area (Å²) in [5.74, 6) is -1.37. The van der Waals surface area contributed by atoms with Crippen LogP contribution in [0.1, 0.15) is 84.5 Å². The van der Waals surface area contributed by atoms with Crippen molar-refractivity contribution in [2.45, 2.75) is 84.5 Å². The van der Waals surface area contributed by atoms with Crippen molar-refractivity contribution in [2.24, 2.45) is 23.2 Å². The standard InChI is InChI=1S/C20H34O4/c1-3-20(19(23)24-4-2,16-13-9-6-10-14-16)17(18(21)22)15-11-7-5-8-12-15/h15-17H,3-14H2,1-2H3,(H,21,22). The zero-order chi connectivity index (χ0) is 17.6. The molecule has 2 atom stereocenters. The van der Waals surface area contributed by atoms with E-state index in [0.717, 1.165) is 51.4 Å². The predicted molar refractivity (Wildman–Crippen MR) is 93.6 cm³/mol. The van der Waals surface area contributed by atoms with Crippen molar-refractivity contribution in [3.63, 3.8) is 0 Å². The molecule has 4 nitrogen and oxygen atoms in total. The second kappa shape index (κ2) is 8.87. The number of carboxylic acids is 1. The molecule has 1 N–H and O–H groups in total. The van der Waals surface area contributed by atoms with Crippen LogP contribution >= 0.6 is 0 Å². The first-order chi connectivity index (χ1) is 11.6. The minimum atomic E-state index is -0.843. The van der Waals surface area contributed by atoms with Gasteiger partial charge in [-0.25, -0.2) is 0 Å². The highest BCUT2D eigenvalue weighted by atomic mass is 16.5. The van der Waals surface area contributed by atoms with Gasteiger partial charge in [0.05, 0.1) is 17.9 Å². The van der Waals surface area contributed by atoms with E-state index in [4.69, 9.17) is 4.74 Å². The molecule has 0 aromatic carbocycles. The van der Waals surface area contributed by atoms with E-state index in [-0.39, 0.29) is 17.8 Å². The molecule has 4 heteroatoms. The van der Waals surface area contributed by atoms with Crippen LogP contribution in [-0.2, 0) is 14.3 Å².